The minimum atomic E-state index is -0.662. The summed E-state index contributed by atoms with van der Waals surface area (Å²) in [4.78, 5) is 12.5. The van der Waals surface area contributed by atoms with E-state index in [4.69, 9.17) is 0 Å². The molecule has 0 bridgehead atoms. The van der Waals surface area contributed by atoms with Gasteiger partial charge in [0.1, 0.15) is 0 Å². The normalized spacial score (nSPS) is 13.0. The van der Waals surface area contributed by atoms with Gasteiger partial charge in [-0.15, -0.1) is 0 Å². The van der Waals surface area contributed by atoms with E-state index in [2.05, 4.69) is 67.8 Å². The number of unbranched alkanes of at least 4 members (excludes halogenated alkanes) is 44. The Hall–Kier alpha value is -1.65. The van der Waals surface area contributed by atoms with Crippen LogP contribution in [0.5, 0.6) is 0 Å². The van der Waals surface area contributed by atoms with Gasteiger partial charge in [-0.1, -0.05) is 339 Å². The lowest BCUT2D eigenvalue weighted by molar-refractivity contribution is -0.123. The third-order valence-electron chi connectivity index (χ3n) is 14.9. The van der Waals surface area contributed by atoms with Gasteiger partial charge in [-0.05, 0) is 51.4 Å². The van der Waals surface area contributed by atoms with E-state index >= 15 is 0 Å². The topological polar surface area (TPSA) is 69.6 Å². The molecule has 70 heavy (non-hydrogen) atoms. The smallest absolute Gasteiger partial charge is 0.220 e. The maximum Gasteiger partial charge on any atom is 0.220 e. The molecule has 0 spiro atoms. The number of carbonyl (C=O) groups is 1. The monoisotopic (exact) mass is 980 g/mol. The molecule has 0 aliphatic carbocycles. The molecule has 0 aliphatic heterocycles. The number of aliphatic hydroxyl groups excluding tert-OH is 2. The first kappa shape index (κ1) is 68.4. The minimum Gasteiger partial charge on any atom is -0.394 e. The number of hydrogen-bond acceptors (Lipinski definition) is 3. The van der Waals surface area contributed by atoms with E-state index in [1.165, 1.54) is 270 Å². The number of rotatable bonds is 59. The van der Waals surface area contributed by atoms with Crippen molar-refractivity contribution in [2.24, 2.45) is 0 Å². The largest absolute Gasteiger partial charge is 0.394 e. The van der Waals surface area contributed by atoms with Crippen LogP contribution in [0.4, 0.5) is 0 Å². The van der Waals surface area contributed by atoms with Gasteiger partial charge in [0, 0.05) is 6.42 Å². The fraction of sp³-hybridized carbons (Fsp3) is 0.864. The highest BCUT2D eigenvalue weighted by Crippen LogP contribution is 2.19. The number of carbonyl (C=O) groups excluding carboxylic acids is 1. The van der Waals surface area contributed by atoms with Gasteiger partial charge >= 0.3 is 0 Å². The molecule has 3 N–H and O–H groups in total. The predicted molar refractivity (Wildman–Crippen MR) is 313 cm³/mol. The Labute approximate surface area is 439 Å². The quantitative estimate of drug-likeness (QED) is 0.0420. The maximum atomic E-state index is 12.5. The van der Waals surface area contributed by atoms with Gasteiger partial charge in [-0.3, -0.25) is 4.79 Å². The molecule has 2 atom stereocenters. The summed E-state index contributed by atoms with van der Waals surface area (Å²) < 4.78 is 0. The highest BCUT2D eigenvalue weighted by atomic mass is 16.3. The molecule has 2 unspecified atom stereocenters. The second-order valence-electron chi connectivity index (χ2n) is 21.8. The average Bonchev–Trinajstić information content (AvgIpc) is 3.36. The molecule has 0 heterocycles. The molecule has 0 radical (unpaired) electrons. The summed E-state index contributed by atoms with van der Waals surface area (Å²) in [5.74, 6) is -0.0279. The number of allylic oxidation sites excluding steroid dienone is 8. The summed E-state index contributed by atoms with van der Waals surface area (Å²) in [5, 5.41) is 23.4. The lowest BCUT2D eigenvalue weighted by Crippen LogP contribution is -2.45. The van der Waals surface area contributed by atoms with Crippen molar-refractivity contribution in [2.75, 3.05) is 6.61 Å². The molecular formula is C66H125NO3. The van der Waals surface area contributed by atoms with Crippen molar-refractivity contribution in [3.63, 3.8) is 0 Å². The first-order chi connectivity index (χ1) is 34.7. The van der Waals surface area contributed by atoms with Crippen LogP contribution in [0.25, 0.3) is 0 Å². The molecule has 412 valence electrons. The molecule has 0 saturated carbocycles. The van der Waals surface area contributed by atoms with Gasteiger partial charge in [-0.25, -0.2) is 0 Å². The van der Waals surface area contributed by atoms with Crippen LogP contribution in [-0.4, -0.2) is 34.9 Å². The van der Waals surface area contributed by atoms with Crippen LogP contribution in [0.3, 0.4) is 0 Å². The van der Waals surface area contributed by atoms with Gasteiger partial charge < -0.3 is 15.5 Å². The summed E-state index contributed by atoms with van der Waals surface area (Å²) in [5.41, 5.74) is 0. The molecule has 0 aromatic heterocycles. The molecule has 4 heteroatoms. The number of amides is 1. The van der Waals surface area contributed by atoms with Crippen LogP contribution >= 0.6 is 0 Å². The van der Waals surface area contributed by atoms with Crippen molar-refractivity contribution in [2.45, 2.75) is 360 Å². The Kier molecular flexibility index (Phi) is 60.2. The maximum absolute atomic E-state index is 12.5. The average molecular weight is 981 g/mol. The second kappa shape index (κ2) is 61.6. The summed E-state index contributed by atoms with van der Waals surface area (Å²) in [6, 6.07) is -0.539. The zero-order chi connectivity index (χ0) is 50.6. The van der Waals surface area contributed by atoms with Crippen molar-refractivity contribution >= 4 is 5.91 Å². The summed E-state index contributed by atoms with van der Waals surface area (Å²) in [6.45, 7) is 4.28. The SMILES string of the molecule is CC/C=C\C/C=C\C/C=C\C/C=C\CCCCCCCCCCCCCCCCC(=O)NC(CO)C(O)CCCCCCCCCCCCCCCCCCCCCCCCCCCCCCCCC. The lowest BCUT2D eigenvalue weighted by Gasteiger charge is -2.22. The van der Waals surface area contributed by atoms with Gasteiger partial charge in [0.05, 0.1) is 18.8 Å². The van der Waals surface area contributed by atoms with Crippen molar-refractivity contribution < 1.29 is 15.0 Å². The molecule has 0 aromatic carbocycles. The highest BCUT2D eigenvalue weighted by molar-refractivity contribution is 5.76. The third kappa shape index (κ3) is 57.3. The molecule has 0 aliphatic rings. The fourth-order valence-corrected chi connectivity index (χ4v) is 10.1. The van der Waals surface area contributed by atoms with Crippen molar-refractivity contribution in [1.82, 2.24) is 5.32 Å². The lowest BCUT2D eigenvalue weighted by atomic mass is 10.0. The second-order valence-corrected chi connectivity index (χ2v) is 21.8. The van der Waals surface area contributed by atoms with Gasteiger partial charge in [0.25, 0.3) is 0 Å². The van der Waals surface area contributed by atoms with Crippen LogP contribution in [-0.2, 0) is 4.79 Å². The van der Waals surface area contributed by atoms with Gasteiger partial charge in [-0.2, -0.15) is 0 Å². The Morgan fingerprint density at radius 1 is 0.357 bits per heavy atom. The molecule has 0 aromatic rings. The van der Waals surface area contributed by atoms with Crippen molar-refractivity contribution in [3.05, 3.63) is 48.6 Å². The Balaban J connectivity index is 3.41. The molecule has 0 fully saturated rings. The zero-order valence-electron chi connectivity index (χ0n) is 47.6. The standard InChI is InChI=1S/C66H125NO3/c1-3-5-7-9-11-13-15-17-19-21-23-25-27-29-31-32-33-34-36-37-39-41-43-45-47-49-51-53-55-57-59-61-65(69)64(63-68)67-66(70)62-60-58-56-54-52-50-48-46-44-42-40-38-35-30-28-26-24-22-20-18-16-14-12-10-8-6-4-2/h6,8,12,14,18,20,24,26,64-65,68-69H,3-5,7,9-11,13,15-17,19,21-23,25,27-63H2,1-2H3,(H,67,70)/b8-6-,14-12-,20-18-,26-24-. The van der Waals surface area contributed by atoms with Crippen molar-refractivity contribution in [1.29, 1.82) is 0 Å². The van der Waals surface area contributed by atoms with E-state index in [1.807, 2.05) is 0 Å². The van der Waals surface area contributed by atoms with E-state index in [-0.39, 0.29) is 12.5 Å². The zero-order valence-corrected chi connectivity index (χ0v) is 47.6. The Bertz CT molecular complexity index is 1110. The summed E-state index contributed by atoms with van der Waals surface area (Å²) in [6.07, 6.45) is 85.7. The van der Waals surface area contributed by atoms with Gasteiger partial charge in [0.15, 0.2) is 0 Å². The van der Waals surface area contributed by atoms with Crippen LogP contribution in [0.1, 0.15) is 348 Å². The van der Waals surface area contributed by atoms with Crippen LogP contribution in [0.2, 0.25) is 0 Å². The van der Waals surface area contributed by atoms with Crippen molar-refractivity contribution in [3.8, 4) is 0 Å². The first-order valence-electron chi connectivity index (χ1n) is 31.8. The van der Waals surface area contributed by atoms with Gasteiger partial charge in [0.2, 0.25) is 5.91 Å². The van der Waals surface area contributed by atoms with Crippen LogP contribution in [0, 0.1) is 0 Å². The first-order valence-corrected chi connectivity index (χ1v) is 31.8. The number of nitrogens with one attached hydrogen (secondary N) is 1. The summed E-state index contributed by atoms with van der Waals surface area (Å²) >= 11 is 0. The van der Waals surface area contributed by atoms with E-state index in [9.17, 15) is 15.0 Å². The number of aliphatic hydroxyl groups is 2. The van der Waals surface area contributed by atoms with E-state index in [0.717, 1.165) is 51.4 Å². The fourth-order valence-electron chi connectivity index (χ4n) is 10.1. The molecule has 0 saturated heterocycles. The Morgan fingerprint density at radius 2 is 0.629 bits per heavy atom. The molecule has 4 nitrogen and oxygen atoms in total. The predicted octanol–water partition coefficient (Wildman–Crippen LogP) is 21.4. The molecular weight excluding hydrogens is 855 g/mol. The van der Waals surface area contributed by atoms with E-state index in [1.54, 1.807) is 0 Å². The van der Waals surface area contributed by atoms with Crippen LogP contribution < -0.4 is 5.32 Å². The number of hydrogen-bond donors (Lipinski definition) is 3. The molecule has 0 rings (SSSR count). The van der Waals surface area contributed by atoms with E-state index in [0.29, 0.717) is 12.8 Å². The minimum absolute atomic E-state index is 0.0279. The summed E-state index contributed by atoms with van der Waals surface area (Å²) in [7, 11) is 0. The Morgan fingerprint density at radius 3 is 0.943 bits per heavy atom. The van der Waals surface area contributed by atoms with Crippen LogP contribution in [0.15, 0.2) is 48.6 Å². The van der Waals surface area contributed by atoms with E-state index < -0.39 is 12.1 Å². The highest BCUT2D eigenvalue weighted by Gasteiger charge is 2.20. The molecule has 1 amide bonds. The third-order valence-corrected chi connectivity index (χ3v) is 14.9.